The third kappa shape index (κ3) is 3.55. The normalized spacial score (nSPS) is 18.0. The fourth-order valence-electron chi connectivity index (χ4n) is 3.17. The Balaban J connectivity index is 1.66. The van der Waals surface area contributed by atoms with Crippen LogP contribution in [0.1, 0.15) is 30.0 Å². The van der Waals surface area contributed by atoms with Gasteiger partial charge in [-0.1, -0.05) is 12.1 Å². The summed E-state index contributed by atoms with van der Waals surface area (Å²) >= 11 is 0. The number of carbonyl (C=O) groups is 1. The molecule has 0 aliphatic carbocycles. The molecule has 0 N–H and O–H groups in total. The van der Waals surface area contributed by atoms with Crippen molar-refractivity contribution < 1.29 is 9.53 Å². The van der Waals surface area contributed by atoms with E-state index < -0.39 is 0 Å². The van der Waals surface area contributed by atoms with Gasteiger partial charge in [-0.25, -0.2) is 4.98 Å². The van der Waals surface area contributed by atoms with E-state index in [0.29, 0.717) is 12.5 Å². The van der Waals surface area contributed by atoms with Crippen molar-refractivity contribution in [3.05, 3.63) is 48.0 Å². The third-order valence-corrected chi connectivity index (χ3v) is 4.52. The minimum absolute atomic E-state index is 0.181. The summed E-state index contributed by atoms with van der Waals surface area (Å²) in [5.74, 6) is 1.02. The molecule has 5 heteroatoms. The molecule has 0 spiro atoms. The lowest BCUT2D eigenvalue weighted by molar-refractivity contribution is -0.132. The lowest BCUT2D eigenvalue weighted by atomic mass is 10.0. The Hall–Kier alpha value is -2.30. The van der Waals surface area contributed by atoms with E-state index in [1.165, 1.54) is 0 Å². The van der Waals surface area contributed by atoms with Gasteiger partial charge in [0.1, 0.15) is 5.75 Å². The van der Waals surface area contributed by atoms with Crippen molar-refractivity contribution in [3.8, 4) is 5.75 Å². The van der Waals surface area contributed by atoms with Crippen molar-refractivity contribution in [3.63, 3.8) is 0 Å². The molecule has 1 saturated heterocycles. The van der Waals surface area contributed by atoms with Gasteiger partial charge in [-0.15, -0.1) is 0 Å². The van der Waals surface area contributed by atoms with Gasteiger partial charge in [-0.2, -0.15) is 0 Å². The van der Waals surface area contributed by atoms with Gasteiger partial charge in [0.05, 0.1) is 25.9 Å². The molecule has 1 fully saturated rings. The minimum atomic E-state index is 0.181. The predicted molar refractivity (Wildman–Crippen MR) is 88.5 cm³/mol. The van der Waals surface area contributed by atoms with Crippen molar-refractivity contribution in [2.24, 2.45) is 0 Å². The van der Waals surface area contributed by atoms with Crippen LogP contribution in [0.2, 0.25) is 0 Å². The number of amides is 1. The van der Waals surface area contributed by atoms with E-state index in [2.05, 4.69) is 9.55 Å². The molecule has 1 aliphatic heterocycles. The van der Waals surface area contributed by atoms with Gasteiger partial charge in [0, 0.05) is 25.5 Å². The second-order valence-electron chi connectivity index (χ2n) is 6.13. The molecule has 1 aliphatic rings. The number of nitrogens with zero attached hydrogens (tertiary/aromatic N) is 3. The van der Waals surface area contributed by atoms with Crippen LogP contribution in [0.25, 0.3) is 0 Å². The van der Waals surface area contributed by atoms with Crippen molar-refractivity contribution in [1.29, 1.82) is 0 Å². The molecule has 2 heterocycles. The molecule has 23 heavy (non-hydrogen) atoms. The molecule has 1 aromatic heterocycles. The number of ether oxygens (including phenoxy) is 1. The molecular weight excluding hydrogens is 290 g/mol. The number of aryl methyl sites for hydroxylation is 1. The standard InChI is InChI=1S/C18H23N3O2/c1-14-5-6-15(10-17(14)23-2)11-18(22)20-8-3-4-16(12-20)21-9-7-19-13-21/h5-7,9-10,13,16H,3-4,8,11-12H2,1-2H3/t16-/m1/s1. The summed E-state index contributed by atoms with van der Waals surface area (Å²) in [4.78, 5) is 18.7. The van der Waals surface area contributed by atoms with E-state index in [1.54, 1.807) is 13.3 Å². The van der Waals surface area contributed by atoms with Gasteiger partial charge < -0.3 is 14.2 Å². The van der Waals surface area contributed by atoms with Crippen LogP contribution in [0, 0.1) is 6.92 Å². The highest BCUT2D eigenvalue weighted by molar-refractivity contribution is 5.79. The Morgan fingerprint density at radius 2 is 2.30 bits per heavy atom. The van der Waals surface area contributed by atoms with Gasteiger partial charge in [-0.05, 0) is 37.0 Å². The number of benzene rings is 1. The van der Waals surface area contributed by atoms with Crippen LogP contribution in [0.3, 0.4) is 0 Å². The first kappa shape index (κ1) is 15.6. The van der Waals surface area contributed by atoms with E-state index >= 15 is 0 Å². The number of hydrogen-bond acceptors (Lipinski definition) is 3. The Bertz CT molecular complexity index is 667. The summed E-state index contributed by atoms with van der Waals surface area (Å²) in [7, 11) is 1.66. The van der Waals surface area contributed by atoms with Crippen LogP contribution in [-0.2, 0) is 11.2 Å². The quantitative estimate of drug-likeness (QED) is 0.872. The molecule has 1 atom stereocenters. The van der Waals surface area contributed by atoms with Gasteiger partial charge in [0.25, 0.3) is 0 Å². The minimum Gasteiger partial charge on any atom is -0.496 e. The zero-order valence-electron chi connectivity index (χ0n) is 13.7. The van der Waals surface area contributed by atoms with E-state index in [-0.39, 0.29) is 5.91 Å². The summed E-state index contributed by atoms with van der Waals surface area (Å²) in [6.45, 7) is 3.61. The molecule has 5 nitrogen and oxygen atoms in total. The first-order valence-electron chi connectivity index (χ1n) is 8.06. The Morgan fingerprint density at radius 3 is 3.04 bits per heavy atom. The molecule has 0 radical (unpaired) electrons. The fraction of sp³-hybridized carbons (Fsp3) is 0.444. The largest absolute Gasteiger partial charge is 0.496 e. The maximum Gasteiger partial charge on any atom is 0.227 e. The maximum absolute atomic E-state index is 12.6. The van der Waals surface area contributed by atoms with E-state index in [4.69, 9.17) is 4.74 Å². The van der Waals surface area contributed by atoms with Crippen LogP contribution >= 0.6 is 0 Å². The summed E-state index contributed by atoms with van der Waals surface area (Å²) in [5, 5.41) is 0. The van der Waals surface area contributed by atoms with Crippen molar-refractivity contribution in [2.75, 3.05) is 20.2 Å². The van der Waals surface area contributed by atoms with Crippen molar-refractivity contribution in [1.82, 2.24) is 14.5 Å². The van der Waals surface area contributed by atoms with Gasteiger partial charge in [0.15, 0.2) is 0 Å². The number of aromatic nitrogens is 2. The van der Waals surface area contributed by atoms with Crippen LogP contribution in [0.15, 0.2) is 36.9 Å². The van der Waals surface area contributed by atoms with Crippen molar-refractivity contribution >= 4 is 5.91 Å². The lowest BCUT2D eigenvalue weighted by Gasteiger charge is -2.33. The molecule has 2 aromatic rings. The summed E-state index contributed by atoms with van der Waals surface area (Å²) in [5.41, 5.74) is 2.09. The average Bonchev–Trinajstić information content (AvgIpc) is 3.11. The molecular formula is C18H23N3O2. The van der Waals surface area contributed by atoms with Crippen LogP contribution in [-0.4, -0.2) is 40.6 Å². The average molecular weight is 313 g/mol. The number of likely N-dealkylation sites (tertiary alicyclic amines) is 1. The topological polar surface area (TPSA) is 47.4 Å². The Morgan fingerprint density at radius 1 is 1.43 bits per heavy atom. The van der Waals surface area contributed by atoms with Gasteiger partial charge in [-0.3, -0.25) is 4.79 Å². The zero-order valence-corrected chi connectivity index (χ0v) is 13.7. The second kappa shape index (κ2) is 6.86. The van der Waals surface area contributed by atoms with Gasteiger partial charge in [0.2, 0.25) is 5.91 Å². The Labute approximate surface area is 136 Å². The van der Waals surface area contributed by atoms with Crippen LogP contribution in [0.5, 0.6) is 5.75 Å². The summed E-state index contributed by atoms with van der Waals surface area (Å²) in [6, 6.07) is 6.31. The second-order valence-corrected chi connectivity index (χ2v) is 6.13. The van der Waals surface area contributed by atoms with Crippen LogP contribution < -0.4 is 4.74 Å². The smallest absolute Gasteiger partial charge is 0.227 e. The molecule has 122 valence electrons. The maximum atomic E-state index is 12.6. The van der Waals surface area contributed by atoms with E-state index in [9.17, 15) is 4.79 Å². The van der Waals surface area contributed by atoms with E-state index in [0.717, 1.165) is 42.8 Å². The first-order chi connectivity index (χ1) is 11.2. The number of rotatable bonds is 4. The number of methoxy groups -OCH3 is 1. The summed E-state index contributed by atoms with van der Waals surface area (Å²) < 4.78 is 7.45. The fourth-order valence-corrected chi connectivity index (χ4v) is 3.17. The molecule has 0 saturated carbocycles. The highest BCUT2D eigenvalue weighted by Gasteiger charge is 2.24. The summed E-state index contributed by atoms with van der Waals surface area (Å²) in [6.07, 6.45) is 8.16. The molecule has 0 unspecified atom stereocenters. The molecule has 1 aromatic carbocycles. The number of piperidine rings is 1. The van der Waals surface area contributed by atoms with Crippen LogP contribution in [0.4, 0.5) is 0 Å². The molecule has 0 bridgehead atoms. The molecule has 3 rings (SSSR count). The number of imidazole rings is 1. The number of carbonyl (C=O) groups excluding carboxylic acids is 1. The zero-order chi connectivity index (χ0) is 16.2. The van der Waals surface area contributed by atoms with Crippen molar-refractivity contribution in [2.45, 2.75) is 32.2 Å². The Kier molecular flexibility index (Phi) is 4.65. The molecule has 1 amide bonds. The monoisotopic (exact) mass is 313 g/mol. The van der Waals surface area contributed by atoms with Gasteiger partial charge >= 0.3 is 0 Å². The highest BCUT2D eigenvalue weighted by Crippen LogP contribution is 2.23. The third-order valence-electron chi connectivity index (χ3n) is 4.52. The number of hydrogen-bond donors (Lipinski definition) is 0. The SMILES string of the molecule is COc1cc(CC(=O)N2CCC[C@@H](n3ccnc3)C2)ccc1C. The predicted octanol–water partition coefficient (Wildman–Crippen LogP) is 2.61. The van der Waals surface area contributed by atoms with E-state index in [1.807, 2.05) is 42.5 Å². The highest BCUT2D eigenvalue weighted by atomic mass is 16.5. The first-order valence-corrected chi connectivity index (χ1v) is 8.06. The lowest BCUT2D eigenvalue weighted by Crippen LogP contribution is -2.41.